The molecule has 0 saturated heterocycles. The molecule has 118 valence electrons. The van der Waals surface area contributed by atoms with Crippen LogP contribution < -0.4 is 11.2 Å². The number of nitrogen functional groups attached to an aromatic ring is 1. The minimum atomic E-state index is -4.42. The Morgan fingerprint density at radius 1 is 1.32 bits per heavy atom. The predicted molar refractivity (Wildman–Crippen MR) is 77.6 cm³/mol. The highest BCUT2D eigenvalue weighted by Gasteiger charge is 2.27. The van der Waals surface area contributed by atoms with E-state index in [9.17, 15) is 18.0 Å². The maximum Gasteiger partial charge on any atom is 0.405 e. The molecule has 0 aliphatic rings. The van der Waals surface area contributed by atoms with Gasteiger partial charge in [-0.15, -0.1) is 0 Å². The number of aromatic nitrogens is 2. The average Bonchev–Trinajstić information content (AvgIpc) is 2.84. The van der Waals surface area contributed by atoms with Crippen LogP contribution in [-0.2, 0) is 4.79 Å². The summed E-state index contributed by atoms with van der Waals surface area (Å²) < 4.78 is 37.2. The highest BCUT2D eigenvalue weighted by Crippen LogP contribution is 2.22. The number of carbonyl (C=O) groups is 1. The minimum absolute atomic E-state index is 0.196. The molecular weight excluding hydrogens is 317 g/mol. The Hall–Kier alpha value is -2.16. The second-order valence-corrected chi connectivity index (χ2v) is 5.31. The van der Waals surface area contributed by atoms with Crippen LogP contribution in [0.25, 0.3) is 11.3 Å². The summed E-state index contributed by atoms with van der Waals surface area (Å²) in [4.78, 5) is 15.6. The van der Waals surface area contributed by atoms with Crippen molar-refractivity contribution in [2.75, 3.05) is 18.1 Å². The van der Waals surface area contributed by atoms with Gasteiger partial charge in [-0.1, -0.05) is 42.1 Å². The first-order chi connectivity index (χ1) is 10.3. The molecular formula is C13H13F3N4OS. The number of carbonyl (C=O) groups excluding carboxylic acids is 1. The number of hydrogen-bond acceptors (Lipinski definition) is 4. The van der Waals surface area contributed by atoms with Crippen LogP contribution in [-0.4, -0.2) is 34.0 Å². The summed E-state index contributed by atoms with van der Waals surface area (Å²) in [5.74, 6) is 4.80. The molecule has 2 aromatic rings. The molecule has 0 saturated carbocycles. The van der Waals surface area contributed by atoms with E-state index in [0.717, 1.165) is 17.3 Å². The summed E-state index contributed by atoms with van der Waals surface area (Å²) >= 11 is 0.969. The molecule has 2 rings (SSSR count). The Kier molecular flexibility index (Phi) is 4.96. The SMILES string of the molecule is Nn1cc(-c2ccccc2)nc1SCC(=O)NCC(F)(F)F. The molecule has 0 spiro atoms. The maximum absolute atomic E-state index is 12.0. The summed E-state index contributed by atoms with van der Waals surface area (Å²) in [6.07, 6.45) is -2.83. The molecule has 1 amide bonds. The van der Waals surface area contributed by atoms with Crippen molar-refractivity contribution in [1.82, 2.24) is 15.0 Å². The van der Waals surface area contributed by atoms with Gasteiger partial charge in [0.05, 0.1) is 17.6 Å². The Labute approximate surface area is 128 Å². The fourth-order valence-corrected chi connectivity index (χ4v) is 2.34. The van der Waals surface area contributed by atoms with Crippen molar-refractivity contribution in [3.05, 3.63) is 36.5 Å². The van der Waals surface area contributed by atoms with Gasteiger partial charge in [-0.25, -0.2) is 9.66 Å². The number of nitrogens with two attached hydrogens (primary N) is 1. The largest absolute Gasteiger partial charge is 0.405 e. The molecule has 0 fully saturated rings. The number of benzene rings is 1. The first-order valence-electron chi connectivity index (χ1n) is 6.21. The molecule has 22 heavy (non-hydrogen) atoms. The molecule has 5 nitrogen and oxygen atoms in total. The Morgan fingerprint density at radius 2 is 2.00 bits per heavy atom. The van der Waals surface area contributed by atoms with Crippen molar-refractivity contribution in [2.24, 2.45) is 0 Å². The lowest BCUT2D eigenvalue weighted by Gasteiger charge is -2.07. The molecule has 1 aromatic heterocycles. The number of imidazole rings is 1. The van der Waals surface area contributed by atoms with Crippen molar-refractivity contribution in [1.29, 1.82) is 0 Å². The van der Waals surface area contributed by atoms with Crippen molar-refractivity contribution < 1.29 is 18.0 Å². The summed E-state index contributed by atoms with van der Waals surface area (Å²) in [5, 5.41) is 2.14. The van der Waals surface area contributed by atoms with E-state index in [4.69, 9.17) is 5.84 Å². The standard InChI is InChI=1S/C13H13F3N4OS/c14-13(15,16)8-18-11(21)7-22-12-19-10(6-20(12)17)9-4-2-1-3-5-9/h1-6H,7-8,17H2,(H,18,21). The molecule has 0 aliphatic heterocycles. The lowest BCUT2D eigenvalue weighted by Crippen LogP contribution is -2.34. The highest BCUT2D eigenvalue weighted by molar-refractivity contribution is 7.99. The second kappa shape index (κ2) is 6.73. The van der Waals surface area contributed by atoms with Gasteiger partial charge >= 0.3 is 6.18 Å². The lowest BCUT2D eigenvalue weighted by molar-refractivity contribution is -0.136. The molecule has 3 N–H and O–H groups in total. The second-order valence-electron chi connectivity index (χ2n) is 4.36. The number of rotatable bonds is 5. The van der Waals surface area contributed by atoms with Crippen LogP contribution in [0.5, 0.6) is 0 Å². The van der Waals surface area contributed by atoms with Gasteiger partial charge in [0.2, 0.25) is 5.91 Å². The van der Waals surface area contributed by atoms with Crippen LogP contribution in [0.3, 0.4) is 0 Å². The molecule has 1 heterocycles. The quantitative estimate of drug-likeness (QED) is 0.650. The molecule has 0 radical (unpaired) electrons. The van der Waals surface area contributed by atoms with E-state index < -0.39 is 18.6 Å². The van der Waals surface area contributed by atoms with Gasteiger partial charge in [-0.05, 0) is 0 Å². The normalized spacial score (nSPS) is 11.4. The zero-order valence-corrected chi connectivity index (χ0v) is 12.1. The average molecular weight is 330 g/mol. The predicted octanol–water partition coefficient (Wildman–Crippen LogP) is 2.03. The third kappa shape index (κ3) is 4.69. The minimum Gasteiger partial charge on any atom is -0.346 e. The van der Waals surface area contributed by atoms with E-state index in [1.54, 1.807) is 11.5 Å². The van der Waals surface area contributed by atoms with Crippen LogP contribution in [0.15, 0.2) is 41.7 Å². The van der Waals surface area contributed by atoms with Crippen LogP contribution in [0, 0.1) is 0 Å². The first kappa shape index (κ1) is 16.2. The number of nitrogens with zero attached hydrogens (tertiary/aromatic N) is 2. The van der Waals surface area contributed by atoms with E-state index in [-0.39, 0.29) is 5.75 Å². The number of alkyl halides is 3. The summed E-state index contributed by atoms with van der Waals surface area (Å²) in [5.41, 5.74) is 1.48. The molecule has 0 bridgehead atoms. The third-order valence-corrected chi connectivity index (χ3v) is 3.55. The Bertz CT molecular complexity index is 642. The summed E-state index contributed by atoms with van der Waals surface area (Å²) in [7, 11) is 0. The lowest BCUT2D eigenvalue weighted by atomic mass is 10.2. The monoisotopic (exact) mass is 330 g/mol. The Balaban J connectivity index is 1.94. The van der Waals surface area contributed by atoms with Crippen LogP contribution in [0.1, 0.15) is 0 Å². The summed E-state index contributed by atoms with van der Waals surface area (Å²) in [6, 6.07) is 9.27. The van der Waals surface area contributed by atoms with Gasteiger partial charge in [0.1, 0.15) is 6.54 Å². The number of halogens is 3. The summed E-state index contributed by atoms with van der Waals surface area (Å²) in [6.45, 7) is -1.35. The van der Waals surface area contributed by atoms with Gasteiger partial charge < -0.3 is 11.2 Å². The number of hydrogen-bond donors (Lipinski definition) is 2. The van der Waals surface area contributed by atoms with E-state index in [2.05, 4.69) is 4.98 Å². The first-order valence-corrected chi connectivity index (χ1v) is 7.20. The van der Waals surface area contributed by atoms with Crippen LogP contribution >= 0.6 is 11.8 Å². The van der Waals surface area contributed by atoms with E-state index in [1.165, 1.54) is 4.68 Å². The van der Waals surface area contributed by atoms with Gasteiger partial charge in [0.15, 0.2) is 5.16 Å². The number of nitrogens with one attached hydrogen (secondary N) is 1. The number of amides is 1. The zero-order valence-electron chi connectivity index (χ0n) is 11.3. The van der Waals surface area contributed by atoms with E-state index in [1.807, 2.05) is 30.3 Å². The van der Waals surface area contributed by atoms with Crippen molar-refractivity contribution in [3.8, 4) is 11.3 Å². The van der Waals surface area contributed by atoms with Crippen LogP contribution in [0.4, 0.5) is 13.2 Å². The number of thioether (sulfide) groups is 1. The fraction of sp³-hybridized carbons (Fsp3) is 0.231. The van der Waals surface area contributed by atoms with Gasteiger partial charge in [0.25, 0.3) is 0 Å². The van der Waals surface area contributed by atoms with Gasteiger partial charge in [0, 0.05) is 5.56 Å². The van der Waals surface area contributed by atoms with Crippen molar-refractivity contribution >= 4 is 17.7 Å². The van der Waals surface area contributed by atoms with Gasteiger partial charge in [-0.3, -0.25) is 4.79 Å². The maximum atomic E-state index is 12.0. The highest BCUT2D eigenvalue weighted by atomic mass is 32.2. The molecule has 0 unspecified atom stereocenters. The van der Waals surface area contributed by atoms with Crippen molar-refractivity contribution in [3.63, 3.8) is 0 Å². The molecule has 1 aromatic carbocycles. The topological polar surface area (TPSA) is 72.9 Å². The van der Waals surface area contributed by atoms with Gasteiger partial charge in [-0.2, -0.15) is 13.2 Å². The van der Waals surface area contributed by atoms with E-state index in [0.29, 0.717) is 10.9 Å². The van der Waals surface area contributed by atoms with Crippen LogP contribution in [0.2, 0.25) is 0 Å². The molecule has 9 heteroatoms. The molecule has 0 aliphatic carbocycles. The van der Waals surface area contributed by atoms with Crippen molar-refractivity contribution in [2.45, 2.75) is 11.3 Å². The zero-order chi connectivity index (χ0) is 16.2. The fourth-order valence-electron chi connectivity index (χ4n) is 1.61. The Morgan fingerprint density at radius 3 is 2.64 bits per heavy atom. The third-order valence-electron chi connectivity index (χ3n) is 2.59. The van der Waals surface area contributed by atoms with E-state index >= 15 is 0 Å². The molecule has 0 atom stereocenters. The smallest absolute Gasteiger partial charge is 0.346 e.